The van der Waals surface area contributed by atoms with Crippen LogP contribution in [-0.4, -0.2) is 42.9 Å². The van der Waals surface area contributed by atoms with Gasteiger partial charge in [0.15, 0.2) is 6.19 Å². The van der Waals surface area contributed by atoms with Gasteiger partial charge in [0.25, 0.3) is 5.91 Å². The minimum absolute atomic E-state index is 0.0546. The fourth-order valence-corrected chi connectivity index (χ4v) is 0.945. The Bertz CT molecular complexity index is 330. The molecule has 1 aliphatic heterocycles. The monoisotopic (exact) mass is 196 g/mol. The van der Waals surface area contributed by atoms with Crippen molar-refractivity contribution in [2.45, 2.75) is 0 Å². The highest BCUT2D eigenvalue weighted by Gasteiger charge is 2.27. The molecule has 0 aliphatic carbocycles. The highest BCUT2D eigenvalue weighted by atomic mass is 16.5. The fraction of sp³-hybridized carbons (Fsp3) is 0.429. The molecule has 1 N–H and O–H groups in total. The average molecular weight is 196 g/mol. The number of hydrogen-bond acceptors (Lipinski definition) is 6. The molecule has 74 valence electrons. The van der Waals surface area contributed by atoms with Crippen molar-refractivity contribution < 1.29 is 14.3 Å². The summed E-state index contributed by atoms with van der Waals surface area (Å²) in [5.74, 6) is -0.816. The van der Waals surface area contributed by atoms with Gasteiger partial charge in [-0.15, -0.1) is 0 Å². The van der Waals surface area contributed by atoms with Gasteiger partial charge >= 0.3 is 5.97 Å². The lowest BCUT2D eigenvalue weighted by atomic mass is 10.5. The van der Waals surface area contributed by atoms with E-state index in [2.05, 4.69) is 15.0 Å². The number of nitriles is 1. The summed E-state index contributed by atoms with van der Waals surface area (Å²) in [6, 6.07) is 0. The van der Waals surface area contributed by atoms with Crippen molar-refractivity contribution in [2.24, 2.45) is 4.99 Å². The average Bonchev–Trinajstić information content (AvgIpc) is 2.50. The minimum Gasteiger partial charge on any atom is -0.468 e. The molecule has 0 fully saturated rings. The summed E-state index contributed by atoms with van der Waals surface area (Å²) in [6.45, 7) is -0.288. The lowest BCUT2D eigenvalue weighted by Crippen LogP contribution is -2.42. The number of esters is 1. The third kappa shape index (κ3) is 1.98. The third-order valence-electron chi connectivity index (χ3n) is 1.60. The van der Waals surface area contributed by atoms with Crippen molar-refractivity contribution in [3.05, 3.63) is 0 Å². The topological polar surface area (TPSA) is 94.8 Å². The number of hydrogen-bond donors (Lipinski definition) is 1. The van der Waals surface area contributed by atoms with Gasteiger partial charge in [0.1, 0.15) is 13.1 Å². The van der Waals surface area contributed by atoms with Crippen molar-refractivity contribution in [3.63, 3.8) is 0 Å². The van der Waals surface area contributed by atoms with Crippen LogP contribution >= 0.6 is 0 Å². The molecule has 0 unspecified atom stereocenters. The molecule has 0 saturated carbocycles. The molecule has 0 spiro atoms. The number of amides is 1. The van der Waals surface area contributed by atoms with Crippen molar-refractivity contribution in [3.8, 4) is 6.19 Å². The van der Waals surface area contributed by atoms with Gasteiger partial charge in [0.2, 0.25) is 5.96 Å². The number of methoxy groups -OCH3 is 1. The van der Waals surface area contributed by atoms with Crippen LogP contribution in [0.1, 0.15) is 0 Å². The Morgan fingerprint density at radius 2 is 2.57 bits per heavy atom. The van der Waals surface area contributed by atoms with Crippen LogP contribution in [0, 0.1) is 11.5 Å². The van der Waals surface area contributed by atoms with E-state index in [1.807, 2.05) is 0 Å². The Morgan fingerprint density at radius 3 is 3.14 bits per heavy atom. The maximum Gasteiger partial charge on any atom is 0.325 e. The van der Waals surface area contributed by atoms with Gasteiger partial charge in [-0.2, -0.15) is 5.26 Å². The van der Waals surface area contributed by atoms with E-state index < -0.39 is 5.97 Å². The second-order valence-electron chi connectivity index (χ2n) is 2.43. The molecule has 1 amide bonds. The first-order chi connectivity index (χ1) is 6.69. The standard InChI is InChI=1S/C7H8N4O3/c1-14-6(13)3-11-5(12)2-9-7(11)10-4-8/h2-3H2,1H3,(H,9,10). The van der Waals surface area contributed by atoms with Crippen LogP contribution in [0.4, 0.5) is 0 Å². The van der Waals surface area contributed by atoms with Crippen LogP contribution in [0.2, 0.25) is 0 Å². The molecule has 7 heteroatoms. The van der Waals surface area contributed by atoms with Gasteiger partial charge in [0, 0.05) is 0 Å². The molecule has 0 radical (unpaired) electrons. The van der Waals surface area contributed by atoms with Crippen LogP contribution in [-0.2, 0) is 14.3 Å². The third-order valence-corrected chi connectivity index (χ3v) is 1.60. The van der Waals surface area contributed by atoms with Crippen LogP contribution in [0.25, 0.3) is 0 Å². The molecular formula is C7H8N4O3. The zero-order valence-corrected chi connectivity index (χ0v) is 7.48. The highest BCUT2D eigenvalue weighted by Crippen LogP contribution is 2.01. The summed E-state index contributed by atoms with van der Waals surface area (Å²) >= 11 is 0. The van der Waals surface area contributed by atoms with Gasteiger partial charge < -0.3 is 4.74 Å². The zero-order chi connectivity index (χ0) is 10.6. The zero-order valence-electron chi connectivity index (χ0n) is 7.48. The summed E-state index contributed by atoms with van der Waals surface area (Å²) in [7, 11) is 1.22. The van der Waals surface area contributed by atoms with E-state index >= 15 is 0 Å². The lowest BCUT2D eigenvalue weighted by molar-refractivity contribution is -0.143. The number of rotatable bonds is 2. The Hall–Kier alpha value is -2.10. The summed E-state index contributed by atoms with van der Waals surface area (Å²) in [6.07, 6.45) is 1.62. The van der Waals surface area contributed by atoms with Gasteiger partial charge in [-0.1, -0.05) is 0 Å². The molecule has 0 aromatic rings. The molecule has 1 rings (SSSR count). The fourth-order valence-electron chi connectivity index (χ4n) is 0.945. The predicted molar refractivity (Wildman–Crippen MR) is 44.8 cm³/mol. The lowest BCUT2D eigenvalue weighted by Gasteiger charge is -2.14. The normalized spacial score (nSPS) is 14.7. The molecule has 1 heterocycles. The van der Waals surface area contributed by atoms with Crippen molar-refractivity contribution in [1.29, 1.82) is 5.26 Å². The second kappa shape index (κ2) is 4.23. The number of ether oxygens (including phenoxy) is 1. The number of guanidine groups is 1. The number of aliphatic imine (C=N–C) groups is 1. The first-order valence-electron chi connectivity index (χ1n) is 3.75. The molecular weight excluding hydrogens is 188 g/mol. The Labute approximate surface area is 80.0 Å². The van der Waals surface area contributed by atoms with E-state index in [-0.39, 0.29) is 25.0 Å². The number of carbonyl (C=O) groups excluding carboxylic acids is 2. The molecule has 0 saturated heterocycles. The molecule has 7 nitrogen and oxygen atoms in total. The molecule has 0 atom stereocenters. The van der Waals surface area contributed by atoms with Crippen molar-refractivity contribution >= 4 is 17.8 Å². The Kier molecular flexibility index (Phi) is 3.01. The summed E-state index contributed by atoms with van der Waals surface area (Å²) in [5.41, 5.74) is 0. The molecule has 14 heavy (non-hydrogen) atoms. The summed E-state index contributed by atoms with van der Waals surface area (Å²) in [4.78, 5) is 26.8. The van der Waals surface area contributed by atoms with Gasteiger partial charge in [0.05, 0.1) is 7.11 Å². The van der Waals surface area contributed by atoms with Crippen LogP contribution < -0.4 is 5.32 Å². The van der Waals surface area contributed by atoms with E-state index in [0.29, 0.717) is 0 Å². The predicted octanol–water partition coefficient (Wildman–Crippen LogP) is -1.57. The van der Waals surface area contributed by atoms with Crippen molar-refractivity contribution in [1.82, 2.24) is 10.2 Å². The van der Waals surface area contributed by atoms with Crippen LogP contribution in [0.15, 0.2) is 4.99 Å². The van der Waals surface area contributed by atoms with Gasteiger partial charge in [-0.05, 0) is 0 Å². The van der Waals surface area contributed by atoms with Crippen LogP contribution in [0.3, 0.4) is 0 Å². The SMILES string of the molecule is COC(=O)CN1C(=O)CN=C1NC#N. The smallest absolute Gasteiger partial charge is 0.325 e. The van der Waals surface area contributed by atoms with E-state index in [0.717, 1.165) is 4.90 Å². The Balaban J connectivity index is 2.65. The number of carbonyl (C=O) groups is 2. The van der Waals surface area contributed by atoms with Gasteiger partial charge in [-0.3, -0.25) is 19.8 Å². The molecule has 0 bridgehead atoms. The number of nitrogens with zero attached hydrogens (tertiary/aromatic N) is 3. The van der Waals surface area contributed by atoms with E-state index in [1.165, 1.54) is 7.11 Å². The minimum atomic E-state index is -0.562. The van der Waals surface area contributed by atoms with Crippen LogP contribution in [0.5, 0.6) is 0 Å². The molecule has 0 aromatic carbocycles. The van der Waals surface area contributed by atoms with E-state index in [1.54, 1.807) is 6.19 Å². The van der Waals surface area contributed by atoms with E-state index in [4.69, 9.17) is 5.26 Å². The quantitative estimate of drug-likeness (QED) is 0.327. The summed E-state index contributed by atoms with van der Waals surface area (Å²) in [5, 5.41) is 10.5. The van der Waals surface area contributed by atoms with E-state index in [9.17, 15) is 9.59 Å². The first kappa shape index (κ1) is 9.98. The van der Waals surface area contributed by atoms with Crippen molar-refractivity contribution in [2.75, 3.05) is 20.2 Å². The Morgan fingerprint density at radius 1 is 1.86 bits per heavy atom. The second-order valence-corrected chi connectivity index (χ2v) is 2.43. The van der Waals surface area contributed by atoms with Gasteiger partial charge in [-0.25, -0.2) is 4.99 Å². The first-order valence-corrected chi connectivity index (χ1v) is 3.75. The maximum absolute atomic E-state index is 11.2. The largest absolute Gasteiger partial charge is 0.468 e. The summed E-state index contributed by atoms with van der Waals surface area (Å²) < 4.78 is 4.39. The number of nitrogens with one attached hydrogen (secondary N) is 1. The molecule has 0 aromatic heterocycles. The maximum atomic E-state index is 11.2. The highest BCUT2D eigenvalue weighted by molar-refractivity contribution is 6.05. The molecule has 1 aliphatic rings.